The highest BCUT2D eigenvalue weighted by atomic mass is 79.9. The van der Waals surface area contributed by atoms with Gasteiger partial charge in [0.15, 0.2) is 0 Å². The first-order valence-corrected chi connectivity index (χ1v) is 7.88. The van der Waals surface area contributed by atoms with Crippen LogP contribution in [0.1, 0.15) is 17.2 Å². The second-order valence-corrected chi connectivity index (χ2v) is 7.82. The lowest BCUT2D eigenvalue weighted by Gasteiger charge is -2.17. The van der Waals surface area contributed by atoms with E-state index in [-0.39, 0.29) is 11.9 Å². The van der Waals surface area contributed by atoms with Crippen LogP contribution in [0.4, 0.5) is 4.39 Å². The smallest absolute Gasteiger partial charge is 0.124 e. The lowest BCUT2D eigenvalue weighted by Crippen LogP contribution is -2.17. The van der Waals surface area contributed by atoms with E-state index in [2.05, 4.69) is 37.2 Å². The van der Waals surface area contributed by atoms with E-state index in [0.717, 1.165) is 18.7 Å². The van der Waals surface area contributed by atoms with Crippen LogP contribution in [0.15, 0.2) is 31.8 Å². The Hall–Kier alpha value is 0.0600. The predicted molar refractivity (Wildman–Crippen MR) is 82.0 cm³/mol. The predicted octanol–water partition coefficient (Wildman–Crippen LogP) is 5.37. The molecule has 0 spiro atoms. The van der Waals surface area contributed by atoms with E-state index < -0.39 is 0 Å². The molecule has 0 aliphatic carbocycles. The van der Waals surface area contributed by atoms with Crippen molar-refractivity contribution in [2.24, 2.45) is 0 Å². The molecule has 0 aliphatic rings. The second kappa shape index (κ2) is 6.01. The summed E-state index contributed by atoms with van der Waals surface area (Å²) >= 11 is 14.7. The SMILES string of the molecule is CNC(c1ccc(F)cc1Cl)c1cc(Br)sc1Br. The summed E-state index contributed by atoms with van der Waals surface area (Å²) in [6.07, 6.45) is 0. The van der Waals surface area contributed by atoms with Gasteiger partial charge in [0.25, 0.3) is 0 Å². The molecule has 1 atom stereocenters. The normalized spacial score (nSPS) is 12.7. The fourth-order valence-corrected chi connectivity index (χ4v) is 4.94. The highest BCUT2D eigenvalue weighted by Gasteiger charge is 2.20. The first-order valence-electron chi connectivity index (χ1n) is 5.10. The van der Waals surface area contributed by atoms with Crippen LogP contribution in [-0.2, 0) is 0 Å². The van der Waals surface area contributed by atoms with Crippen LogP contribution in [-0.4, -0.2) is 7.05 Å². The van der Waals surface area contributed by atoms with Crippen molar-refractivity contribution in [3.63, 3.8) is 0 Å². The van der Waals surface area contributed by atoms with Gasteiger partial charge in [-0.1, -0.05) is 17.7 Å². The van der Waals surface area contributed by atoms with Gasteiger partial charge in [-0.3, -0.25) is 0 Å². The third kappa shape index (κ3) is 2.96. The van der Waals surface area contributed by atoms with E-state index in [1.54, 1.807) is 17.4 Å². The molecule has 18 heavy (non-hydrogen) atoms. The first-order chi connectivity index (χ1) is 8.52. The molecule has 2 aromatic rings. The number of benzene rings is 1. The van der Waals surface area contributed by atoms with Crippen molar-refractivity contribution < 1.29 is 4.39 Å². The van der Waals surface area contributed by atoms with E-state index >= 15 is 0 Å². The first kappa shape index (κ1) is 14.5. The summed E-state index contributed by atoms with van der Waals surface area (Å²) in [6.45, 7) is 0. The Kier molecular flexibility index (Phi) is 4.83. The summed E-state index contributed by atoms with van der Waals surface area (Å²) in [5.41, 5.74) is 1.93. The molecule has 1 nitrogen and oxygen atoms in total. The topological polar surface area (TPSA) is 12.0 Å². The molecule has 0 amide bonds. The molecule has 1 aromatic carbocycles. The molecule has 6 heteroatoms. The second-order valence-electron chi connectivity index (χ2n) is 3.67. The zero-order valence-corrected chi connectivity index (χ0v) is 14.1. The van der Waals surface area contributed by atoms with Crippen molar-refractivity contribution in [1.82, 2.24) is 5.32 Å². The molecule has 1 N–H and O–H groups in total. The molecular weight excluding hydrogens is 404 g/mol. The van der Waals surface area contributed by atoms with Gasteiger partial charge in [0, 0.05) is 5.02 Å². The molecule has 1 heterocycles. The van der Waals surface area contributed by atoms with Crippen molar-refractivity contribution in [2.75, 3.05) is 7.05 Å². The number of thiophene rings is 1. The van der Waals surface area contributed by atoms with Gasteiger partial charge in [0.05, 0.1) is 13.6 Å². The van der Waals surface area contributed by atoms with Gasteiger partial charge in [-0.05, 0) is 68.2 Å². The van der Waals surface area contributed by atoms with Crippen LogP contribution in [0.3, 0.4) is 0 Å². The Morgan fingerprint density at radius 1 is 1.28 bits per heavy atom. The van der Waals surface area contributed by atoms with Crippen LogP contribution >= 0.6 is 54.8 Å². The molecule has 0 saturated heterocycles. The summed E-state index contributed by atoms with van der Waals surface area (Å²) in [7, 11) is 1.85. The van der Waals surface area contributed by atoms with Crippen molar-refractivity contribution in [3.8, 4) is 0 Å². The van der Waals surface area contributed by atoms with Crippen LogP contribution in [0.5, 0.6) is 0 Å². The molecule has 0 fully saturated rings. The van der Waals surface area contributed by atoms with E-state index in [1.807, 2.05) is 13.1 Å². The van der Waals surface area contributed by atoms with Crippen molar-refractivity contribution in [2.45, 2.75) is 6.04 Å². The van der Waals surface area contributed by atoms with Crippen molar-refractivity contribution in [1.29, 1.82) is 0 Å². The summed E-state index contributed by atoms with van der Waals surface area (Å²) in [5, 5.41) is 3.62. The van der Waals surface area contributed by atoms with E-state index in [0.29, 0.717) is 5.02 Å². The number of rotatable bonds is 3. The van der Waals surface area contributed by atoms with Crippen molar-refractivity contribution in [3.05, 3.63) is 53.8 Å². The fourth-order valence-electron chi connectivity index (χ4n) is 1.76. The maximum Gasteiger partial charge on any atom is 0.124 e. The van der Waals surface area contributed by atoms with Gasteiger partial charge in [-0.2, -0.15) is 0 Å². The quantitative estimate of drug-likeness (QED) is 0.713. The Labute approximate surface area is 131 Å². The Balaban J connectivity index is 2.48. The summed E-state index contributed by atoms with van der Waals surface area (Å²) in [5.74, 6) is -0.329. The van der Waals surface area contributed by atoms with Gasteiger partial charge in [-0.15, -0.1) is 11.3 Å². The Morgan fingerprint density at radius 2 is 2.00 bits per heavy atom. The summed E-state index contributed by atoms with van der Waals surface area (Å²) in [4.78, 5) is 0. The maximum absolute atomic E-state index is 13.1. The summed E-state index contributed by atoms with van der Waals surface area (Å²) in [6, 6.07) is 6.40. The lowest BCUT2D eigenvalue weighted by atomic mass is 10.0. The Morgan fingerprint density at radius 3 is 2.50 bits per heavy atom. The number of hydrogen-bond acceptors (Lipinski definition) is 2. The molecule has 0 radical (unpaired) electrons. The summed E-state index contributed by atoms with van der Waals surface area (Å²) < 4.78 is 15.1. The van der Waals surface area contributed by atoms with Gasteiger partial charge in [0.1, 0.15) is 5.82 Å². The zero-order chi connectivity index (χ0) is 13.3. The van der Waals surface area contributed by atoms with Crippen LogP contribution in [0.25, 0.3) is 0 Å². The molecular formula is C12H9Br2ClFNS. The fraction of sp³-hybridized carbons (Fsp3) is 0.167. The minimum Gasteiger partial charge on any atom is -0.309 e. The lowest BCUT2D eigenvalue weighted by molar-refractivity contribution is 0.623. The third-order valence-corrected chi connectivity index (χ3v) is 5.27. The van der Waals surface area contributed by atoms with Crippen LogP contribution in [0, 0.1) is 5.82 Å². The van der Waals surface area contributed by atoms with Crippen molar-refractivity contribution >= 4 is 54.8 Å². The average Bonchev–Trinajstić information content (AvgIpc) is 2.62. The van der Waals surface area contributed by atoms with E-state index in [9.17, 15) is 4.39 Å². The van der Waals surface area contributed by atoms with Gasteiger partial charge < -0.3 is 5.32 Å². The van der Waals surface area contributed by atoms with Crippen LogP contribution < -0.4 is 5.32 Å². The molecule has 1 aromatic heterocycles. The van der Waals surface area contributed by atoms with E-state index in [4.69, 9.17) is 11.6 Å². The molecule has 2 rings (SSSR count). The molecule has 0 bridgehead atoms. The molecule has 0 saturated carbocycles. The van der Waals surface area contributed by atoms with Gasteiger partial charge >= 0.3 is 0 Å². The molecule has 0 aliphatic heterocycles. The zero-order valence-electron chi connectivity index (χ0n) is 9.31. The van der Waals surface area contributed by atoms with Gasteiger partial charge in [-0.25, -0.2) is 4.39 Å². The maximum atomic E-state index is 13.1. The minimum atomic E-state index is -0.329. The number of nitrogens with one attached hydrogen (secondary N) is 1. The highest BCUT2D eigenvalue weighted by molar-refractivity contribution is 9.12. The molecule has 1 unspecified atom stereocenters. The highest BCUT2D eigenvalue weighted by Crippen LogP contribution is 2.39. The van der Waals surface area contributed by atoms with E-state index in [1.165, 1.54) is 12.1 Å². The monoisotopic (exact) mass is 411 g/mol. The largest absolute Gasteiger partial charge is 0.309 e. The van der Waals surface area contributed by atoms with Crippen LogP contribution in [0.2, 0.25) is 5.02 Å². The number of halogens is 4. The minimum absolute atomic E-state index is 0.0741. The molecule has 96 valence electrons. The average molecular weight is 414 g/mol. The third-order valence-electron chi connectivity index (χ3n) is 2.56. The standard InChI is InChI=1S/C12H9Br2ClFNS/c1-17-11(8-5-10(13)18-12(8)14)7-3-2-6(16)4-9(7)15/h2-5,11,17H,1H3. The Bertz CT molecular complexity index is 573. The van der Waals surface area contributed by atoms with Gasteiger partial charge in [0.2, 0.25) is 0 Å². The number of hydrogen-bond donors (Lipinski definition) is 1.